The maximum Gasteiger partial charge on any atom is 0.146 e. The van der Waals surface area contributed by atoms with Crippen LogP contribution in [0.2, 0.25) is 0 Å². The lowest BCUT2D eigenvalue weighted by molar-refractivity contribution is 0.370. The van der Waals surface area contributed by atoms with Crippen molar-refractivity contribution >= 4 is 22.6 Å². The monoisotopic (exact) mass is 400 g/mol. The van der Waals surface area contributed by atoms with Crippen LogP contribution >= 0.6 is 22.6 Å². The molecule has 0 aliphatic rings. The van der Waals surface area contributed by atoms with Crippen LogP contribution in [-0.4, -0.2) is 45.3 Å². The average Bonchev–Trinajstić information content (AvgIpc) is 2.80. The predicted octanol–water partition coefficient (Wildman–Crippen LogP) is 2.09. The van der Waals surface area contributed by atoms with Gasteiger partial charge in [0.15, 0.2) is 0 Å². The summed E-state index contributed by atoms with van der Waals surface area (Å²) in [5.74, 6) is 0.661. The maximum absolute atomic E-state index is 6.15. The lowest BCUT2D eigenvalue weighted by Crippen LogP contribution is -2.27. The molecule has 2 rings (SSSR count). The van der Waals surface area contributed by atoms with Crippen molar-refractivity contribution in [3.8, 4) is 11.3 Å². The molecule has 2 aromatic heterocycles. The van der Waals surface area contributed by atoms with Crippen molar-refractivity contribution in [2.24, 2.45) is 5.73 Å². The first kappa shape index (κ1) is 16.3. The number of aromatic nitrogens is 4. The minimum Gasteiger partial charge on any atom is -0.320 e. The van der Waals surface area contributed by atoms with Gasteiger partial charge in [0, 0.05) is 25.0 Å². The third-order valence-electron chi connectivity index (χ3n) is 3.06. The lowest BCUT2D eigenvalue weighted by Gasteiger charge is -2.15. The Bertz CT molecular complexity index is 607. The fourth-order valence-corrected chi connectivity index (χ4v) is 2.65. The highest BCUT2D eigenvalue weighted by Gasteiger charge is 2.15. The second-order valence-electron chi connectivity index (χ2n) is 5.58. The SMILES string of the molecule is CC(C)n1cc(-c2ccnc(C(N)CN(C)C)n2)c(I)n1. The molecule has 6 nitrogen and oxygen atoms in total. The number of hydrogen-bond donors (Lipinski definition) is 1. The third-order valence-corrected chi connectivity index (χ3v) is 3.86. The number of rotatable bonds is 5. The molecule has 0 saturated carbocycles. The van der Waals surface area contributed by atoms with Crippen molar-refractivity contribution in [2.75, 3.05) is 20.6 Å². The van der Waals surface area contributed by atoms with Crippen LogP contribution in [0.5, 0.6) is 0 Å². The lowest BCUT2D eigenvalue weighted by atomic mass is 10.2. The quantitative estimate of drug-likeness (QED) is 0.779. The molecule has 21 heavy (non-hydrogen) atoms. The van der Waals surface area contributed by atoms with Crippen molar-refractivity contribution in [1.29, 1.82) is 0 Å². The Kier molecular flexibility index (Phi) is 5.28. The summed E-state index contributed by atoms with van der Waals surface area (Å²) in [5, 5.41) is 4.51. The van der Waals surface area contributed by atoms with Crippen LogP contribution in [-0.2, 0) is 0 Å². The molecule has 7 heteroatoms. The summed E-state index contributed by atoms with van der Waals surface area (Å²) in [6.45, 7) is 4.92. The number of likely N-dealkylation sites (N-methyl/N-ethyl adjacent to an activating group) is 1. The van der Waals surface area contributed by atoms with E-state index in [0.29, 0.717) is 18.4 Å². The van der Waals surface area contributed by atoms with E-state index < -0.39 is 0 Å². The number of halogens is 1. The zero-order valence-electron chi connectivity index (χ0n) is 12.8. The summed E-state index contributed by atoms with van der Waals surface area (Å²) in [6, 6.07) is 2.03. The van der Waals surface area contributed by atoms with Crippen molar-refractivity contribution < 1.29 is 0 Å². The topological polar surface area (TPSA) is 72.9 Å². The Balaban J connectivity index is 2.33. The van der Waals surface area contributed by atoms with Crippen molar-refractivity contribution in [3.63, 3.8) is 0 Å². The Morgan fingerprint density at radius 2 is 2.10 bits per heavy atom. The molecule has 114 valence electrons. The highest BCUT2D eigenvalue weighted by Crippen LogP contribution is 2.24. The standard InChI is InChI=1S/C14H21IN6/c1-9(2)21-7-10(13(15)19-21)12-5-6-17-14(18-12)11(16)8-20(3)4/h5-7,9,11H,8,16H2,1-4H3. The van der Waals surface area contributed by atoms with E-state index >= 15 is 0 Å². The Morgan fingerprint density at radius 3 is 2.67 bits per heavy atom. The van der Waals surface area contributed by atoms with Crippen molar-refractivity contribution in [3.05, 3.63) is 28.0 Å². The number of hydrogen-bond acceptors (Lipinski definition) is 5. The summed E-state index contributed by atoms with van der Waals surface area (Å²) < 4.78 is 2.88. The van der Waals surface area contributed by atoms with Gasteiger partial charge in [-0.15, -0.1) is 0 Å². The summed E-state index contributed by atoms with van der Waals surface area (Å²) in [7, 11) is 3.97. The van der Waals surface area contributed by atoms with Gasteiger partial charge in [0.2, 0.25) is 0 Å². The second-order valence-corrected chi connectivity index (χ2v) is 6.60. The minimum atomic E-state index is -0.197. The Morgan fingerprint density at radius 1 is 1.38 bits per heavy atom. The summed E-state index contributed by atoms with van der Waals surface area (Å²) >= 11 is 2.24. The molecule has 0 saturated heterocycles. The zero-order valence-corrected chi connectivity index (χ0v) is 14.9. The van der Waals surface area contributed by atoms with Gasteiger partial charge in [-0.05, 0) is 56.6 Å². The van der Waals surface area contributed by atoms with E-state index in [4.69, 9.17) is 5.73 Å². The first-order chi connectivity index (χ1) is 9.88. The zero-order chi connectivity index (χ0) is 15.6. The van der Waals surface area contributed by atoms with E-state index in [1.807, 2.05) is 35.9 Å². The molecule has 0 fully saturated rings. The van der Waals surface area contributed by atoms with E-state index in [1.54, 1.807) is 6.20 Å². The highest BCUT2D eigenvalue weighted by molar-refractivity contribution is 14.1. The first-order valence-electron chi connectivity index (χ1n) is 6.86. The van der Waals surface area contributed by atoms with Gasteiger partial charge >= 0.3 is 0 Å². The molecule has 0 spiro atoms. The number of nitrogens with zero attached hydrogens (tertiary/aromatic N) is 5. The molecule has 1 atom stereocenters. The van der Waals surface area contributed by atoms with Crippen molar-refractivity contribution in [2.45, 2.75) is 25.9 Å². The molecule has 0 radical (unpaired) electrons. The van der Waals surface area contributed by atoms with Crippen LogP contribution in [0.1, 0.15) is 31.8 Å². The van der Waals surface area contributed by atoms with Gasteiger partial charge in [0.05, 0.1) is 17.3 Å². The van der Waals surface area contributed by atoms with Gasteiger partial charge in [-0.25, -0.2) is 9.97 Å². The molecule has 0 aromatic carbocycles. The van der Waals surface area contributed by atoms with Gasteiger partial charge < -0.3 is 10.6 Å². The van der Waals surface area contributed by atoms with Gasteiger partial charge in [0.25, 0.3) is 0 Å². The fraction of sp³-hybridized carbons (Fsp3) is 0.500. The van der Waals surface area contributed by atoms with Crippen LogP contribution in [0.15, 0.2) is 18.5 Å². The first-order valence-corrected chi connectivity index (χ1v) is 7.94. The van der Waals surface area contributed by atoms with Crippen LogP contribution < -0.4 is 5.73 Å². The smallest absolute Gasteiger partial charge is 0.146 e. The van der Waals surface area contributed by atoms with Gasteiger partial charge in [-0.3, -0.25) is 4.68 Å². The minimum absolute atomic E-state index is 0.197. The van der Waals surface area contributed by atoms with Gasteiger partial charge in [0.1, 0.15) is 9.53 Å². The van der Waals surface area contributed by atoms with Gasteiger partial charge in [-0.2, -0.15) is 5.10 Å². The highest BCUT2D eigenvalue weighted by atomic mass is 127. The maximum atomic E-state index is 6.15. The Labute approximate surface area is 138 Å². The molecule has 2 heterocycles. The van der Waals surface area contributed by atoms with Crippen LogP contribution in [0.25, 0.3) is 11.3 Å². The average molecular weight is 400 g/mol. The van der Waals surface area contributed by atoms with Crippen LogP contribution in [0, 0.1) is 3.70 Å². The van der Waals surface area contributed by atoms with E-state index in [-0.39, 0.29) is 6.04 Å². The molecular weight excluding hydrogens is 379 g/mol. The number of nitrogens with two attached hydrogens (primary N) is 1. The van der Waals surface area contributed by atoms with E-state index in [2.05, 4.69) is 51.5 Å². The molecular formula is C14H21IN6. The van der Waals surface area contributed by atoms with Crippen molar-refractivity contribution in [1.82, 2.24) is 24.6 Å². The molecule has 0 aliphatic carbocycles. The van der Waals surface area contributed by atoms with Crippen LogP contribution in [0.4, 0.5) is 0 Å². The summed E-state index contributed by atoms with van der Waals surface area (Å²) in [5.41, 5.74) is 8.03. The summed E-state index contributed by atoms with van der Waals surface area (Å²) in [6.07, 6.45) is 3.78. The molecule has 2 N–H and O–H groups in total. The normalized spacial score (nSPS) is 13.1. The van der Waals surface area contributed by atoms with E-state index in [9.17, 15) is 0 Å². The third kappa shape index (κ3) is 3.98. The summed E-state index contributed by atoms with van der Waals surface area (Å²) in [4.78, 5) is 10.9. The second kappa shape index (κ2) is 6.80. The Hall–Kier alpha value is -1.06. The van der Waals surface area contributed by atoms with E-state index in [0.717, 1.165) is 15.0 Å². The largest absolute Gasteiger partial charge is 0.320 e. The van der Waals surface area contributed by atoms with Crippen LogP contribution in [0.3, 0.4) is 0 Å². The molecule has 1 unspecified atom stereocenters. The fourth-order valence-electron chi connectivity index (χ4n) is 1.98. The predicted molar refractivity (Wildman–Crippen MR) is 91.8 cm³/mol. The molecule has 0 amide bonds. The molecule has 2 aromatic rings. The molecule has 0 bridgehead atoms. The van der Waals surface area contributed by atoms with E-state index in [1.165, 1.54) is 0 Å². The van der Waals surface area contributed by atoms with Gasteiger partial charge in [-0.1, -0.05) is 0 Å². The molecule has 0 aliphatic heterocycles.